The topological polar surface area (TPSA) is 67.4 Å². The van der Waals surface area contributed by atoms with Gasteiger partial charge in [0.15, 0.2) is 0 Å². The molecule has 0 aliphatic carbocycles. The van der Waals surface area contributed by atoms with Crippen molar-refractivity contribution in [1.82, 2.24) is 5.32 Å². The third kappa shape index (κ3) is 4.56. The molecule has 7 heteroatoms. The molecule has 2 N–H and O–H groups in total. The van der Waals surface area contributed by atoms with Crippen molar-refractivity contribution in [3.8, 4) is 0 Å². The van der Waals surface area contributed by atoms with Gasteiger partial charge in [-0.1, -0.05) is 48.5 Å². The molecule has 2 aromatic carbocycles. The van der Waals surface area contributed by atoms with Crippen molar-refractivity contribution in [3.05, 3.63) is 66.2 Å². The summed E-state index contributed by atoms with van der Waals surface area (Å²) >= 11 is 0. The van der Waals surface area contributed by atoms with Crippen LogP contribution in [0.2, 0.25) is 0 Å². The summed E-state index contributed by atoms with van der Waals surface area (Å²) in [5, 5.41) is 4.71. The standard InChI is InChI=1S/C19H20F2N2O3/c1-13(17(24)26-2)22-18(25)19(20,21)16(14-9-5-3-6-10-14)23-15-11-7-4-8-12-15/h3-13,16,23H,1-2H3,(H,22,25)/t13-,16?/m0/s1. The van der Waals surface area contributed by atoms with Crippen LogP contribution in [0.15, 0.2) is 60.7 Å². The Morgan fingerprint density at radius 1 is 1.00 bits per heavy atom. The molecule has 0 heterocycles. The van der Waals surface area contributed by atoms with E-state index in [0.29, 0.717) is 5.69 Å². The van der Waals surface area contributed by atoms with E-state index >= 15 is 0 Å². The molecule has 26 heavy (non-hydrogen) atoms. The maximum Gasteiger partial charge on any atom is 0.348 e. The third-order valence-corrected chi connectivity index (χ3v) is 3.79. The molecule has 1 amide bonds. The Balaban J connectivity index is 2.30. The monoisotopic (exact) mass is 362 g/mol. The van der Waals surface area contributed by atoms with Gasteiger partial charge in [0.25, 0.3) is 5.91 Å². The average molecular weight is 362 g/mol. The Morgan fingerprint density at radius 3 is 2.08 bits per heavy atom. The molecule has 0 aliphatic heterocycles. The summed E-state index contributed by atoms with van der Waals surface area (Å²) in [4.78, 5) is 23.6. The number of anilines is 1. The largest absolute Gasteiger partial charge is 0.467 e. The van der Waals surface area contributed by atoms with E-state index in [-0.39, 0.29) is 5.56 Å². The summed E-state index contributed by atoms with van der Waals surface area (Å²) in [6, 6.07) is 13.5. The highest BCUT2D eigenvalue weighted by atomic mass is 19.3. The van der Waals surface area contributed by atoms with Crippen LogP contribution in [-0.4, -0.2) is 31.0 Å². The molecule has 0 saturated carbocycles. The first-order valence-electron chi connectivity index (χ1n) is 7.99. The number of nitrogens with one attached hydrogen (secondary N) is 2. The average Bonchev–Trinajstić information content (AvgIpc) is 2.66. The Hall–Kier alpha value is -2.96. The van der Waals surface area contributed by atoms with E-state index in [1.54, 1.807) is 48.5 Å². The molecule has 2 atom stereocenters. The molecule has 138 valence electrons. The van der Waals surface area contributed by atoms with Gasteiger partial charge in [-0.15, -0.1) is 0 Å². The van der Waals surface area contributed by atoms with Crippen molar-refractivity contribution in [3.63, 3.8) is 0 Å². The second-order valence-corrected chi connectivity index (χ2v) is 5.70. The van der Waals surface area contributed by atoms with Crippen LogP contribution in [0.5, 0.6) is 0 Å². The van der Waals surface area contributed by atoms with Crippen molar-refractivity contribution < 1.29 is 23.1 Å². The second-order valence-electron chi connectivity index (χ2n) is 5.70. The summed E-state index contributed by atoms with van der Waals surface area (Å²) < 4.78 is 34.4. The van der Waals surface area contributed by atoms with Gasteiger partial charge in [0, 0.05) is 5.69 Å². The Labute approximate surface area is 150 Å². The minimum atomic E-state index is -3.82. The Kier molecular flexibility index (Phi) is 6.27. The zero-order valence-electron chi connectivity index (χ0n) is 14.4. The predicted octanol–water partition coefficient (Wildman–Crippen LogP) is 3.15. The normalized spacial score (nSPS) is 13.4. The molecule has 2 aromatic rings. The second kappa shape index (κ2) is 8.42. The van der Waals surface area contributed by atoms with E-state index in [2.05, 4.69) is 10.1 Å². The highest BCUT2D eigenvalue weighted by Crippen LogP contribution is 2.35. The van der Waals surface area contributed by atoms with Crippen LogP contribution in [0.3, 0.4) is 0 Å². The highest BCUT2D eigenvalue weighted by Gasteiger charge is 2.49. The summed E-state index contributed by atoms with van der Waals surface area (Å²) in [7, 11) is 1.12. The Bertz CT molecular complexity index is 739. The number of carbonyl (C=O) groups excluding carboxylic acids is 2. The summed E-state index contributed by atoms with van der Waals surface area (Å²) in [5.74, 6) is -6.19. The minimum absolute atomic E-state index is 0.238. The molecule has 0 saturated heterocycles. The molecule has 0 spiro atoms. The molecule has 0 radical (unpaired) electrons. The van der Waals surface area contributed by atoms with Crippen molar-refractivity contribution in [2.75, 3.05) is 12.4 Å². The van der Waals surface area contributed by atoms with Crippen LogP contribution in [-0.2, 0) is 14.3 Å². The van der Waals surface area contributed by atoms with Crippen LogP contribution in [0.1, 0.15) is 18.5 Å². The zero-order valence-corrected chi connectivity index (χ0v) is 14.4. The van der Waals surface area contributed by atoms with Crippen LogP contribution in [0.25, 0.3) is 0 Å². The molecule has 0 aliphatic rings. The molecule has 5 nitrogen and oxygen atoms in total. The van der Waals surface area contributed by atoms with E-state index in [9.17, 15) is 18.4 Å². The highest BCUT2D eigenvalue weighted by molar-refractivity contribution is 5.89. The van der Waals surface area contributed by atoms with Crippen LogP contribution >= 0.6 is 0 Å². The lowest BCUT2D eigenvalue weighted by atomic mass is 9.99. The first kappa shape index (κ1) is 19.4. The van der Waals surface area contributed by atoms with E-state index in [1.807, 2.05) is 5.32 Å². The number of amides is 1. The van der Waals surface area contributed by atoms with Gasteiger partial charge in [-0.3, -0.25) is 4.79 Å². The first-order valence-corrected chi connectivity index (χ1v) is 7.99. The number of esters is 1. The number of methoxy groups -OCH3 is 1. The van der Waals surface area contributed by atoms with Gasteiger partial charge in [-0.25, -0.2) is 4.79 Å². The number of carbonyl (C=O) groups is 2. The molecule has 0 aromatic heterocycles. The van der Waals surface area contributed by atoms with E-state index in [4.69, 9.17) is 0 Å². The molecule has 1 unspecified atom stereocenters. The summed E-state index contributed by atoms with van der Waals surface area (Å²) in [6.45, 7) is 1.28. The number of alkyl halides is 2. The lowest BCUT2D eigenvalue weighted by molar-refractivity contribution is -0.153. The number of hydrogen-bond acceptors (Lipinski definition) is 4. The van der Waals surface area contributed by atoms with E-state index in [1.165, 1.54) is 19.1 Å². The van der Waals surface area contributed by atoms with Crippen molar-refractivity contribution >= 4 is 17.6 Å². The van der Waals surface area contributed by atoms with Crippen molar-refractivity contribution in [2.24, 2.45) is 0 Å². The lowest BCUT2D eigenvalue weighted by Crippen LogP contribution is -2.51. The molecule has 0 fully saturated rings. The number of halogens is 2. The van der Waals surface area contributed by atoms with Gasteiger partial charge >= 0.3 is 11.9 Å². The van der Waals surface area contributed by atoms with Crippen molar-refractivity contribution in [1.29, 1.82) is 0 Å². The fourth-order valence-corrected chi connectivity index (χ4v) is 2.39. The van der Waals surface area contributed by atoms with Gasteiger partial charge in [0.05, 0.1) is 7.11 Å². The van der Waals surface area contributed by atoms with Crippen LogP contribution < -0.4 is 10.6 Å². The molecular weight excluding hydrogens is 342 g/mol. The molecule has 0 bridgehead atoms. The first-order chi connectivity index (χ1) is 12.4. The van der Waals surface area contributed by atoms with Crippen molar-refractivity contribution in [2.45, 2.75) is 24.9 Å². The van der Waals surface area contributed by atoms with Gasteiger partial charge in [0.1, 0.15) is 12.1 Å². The van der Waals surface area contributed by atoms with Gasteiger partial charge in [-0.2, -0.15) is 8.78 Å². The van der Waals surface area contributed by atoms with Gasteiger partial charge < -0.3 is 15.4 Å². The predicted molar refractivity (Wildman–Crippen MR) is 93.8 cm³/mol. The third-order valence-electron chi connectivity index (χ3n) is 3.79. The van der Waals surface area contributed by atoms with Crippen LogP contribution in [0, 0.1) is 0 Å². The van der Waals surface area contributed by atoms with Gasteiger partial charge in [0.2, 0.25) is 0 Å². The van der Waals surface area contributed by atoms with E-state index in [0.717, 1.165) is 7.11 Å². The minimum Gasteiger partial charge on any atom is -0.467 e. The number of ether oxygens (including phenoxy) is 1. The zero-order chi connectivity index (χ0) is 19.2. The van der Waals surface area contributed by atoms with Crippen LogP contribution in [0.4, 0.5) is 14.5 Å². The number of para-hydroxylation sites is 1. The van der Waals surface area contributed by atoms with E-state index < -0.39 is 29.9 Å². The van der Waals surface area contributed by atoms with Gasteiger partial charge in [-0.05, 0) is 24.6 Å². The number of hydrogen-bond donors (Lipinski definition) is 2. The fraction of sp³-hybridized carbons (Fsp3) is 0.263. The number of rotatable bonds is 7. The maximum absolute atomic E-state index is 15.0. The SMILES string of the molecule is COC(=O)[C@H](C)NC(=O)C(F)(F)C(Nc1ccccc1)c1ccccc1. The number of benzene rings is 2. The summed E-state index contributed by atoms with van der Waals surface area (Å²) in [6.07, 6.45) is 0. The smallest absolute Gasteiger partial charge is 0.348 e. The lowest BCUT2D eigenvalue weighted by Gasteiger charge is -2.29. The maximum atomic E-state index is 15.0. The molecule has 2 rings (SSSR count). The quantitative estimate of drug-likeness (QED) is 0.743. The summed E-state index contributed by atoms with van der Waals surface area (Å²) in [5.41, 5.74) is 0.678. The Morgan fingerprint density at radius 2 is 1.54 bits per heavy atom. The fourth-order valence-electron chi connectivity index (χ4n) is 2.39. The molecular formula is C19H20F2N2O3.